The lowest BCUT2D eigenvalue weighted by Gasteiger charge is -2.15. The van der Waals surface area contributed by atoms with Crippen molar-refractivity contribution < 1.29 is 14.3 Å². The predicted octanol–water partition coefficient (Wildman–Crippen LogP) is 3.27. The monoisotopic (exact) mass is 372 g/mol. The van der Waals surface area contributed by atoms with Gasteiger partial charge in [0.2, 0.25) is 5.91 Å². The van der Waals surface area contributed by atoms with Gasteiger partial charge in [-0.3, -0.25) is 9.59 Å². The number of likely N-dealkylation sites (tertiary alicyclic amines) is 1. The molecule has 6 heteroatoms. The predicted molar refractivity (Wildman–Crippen MR) is 100 cm³/mol. The van der Waals surface area contributed by atoms with Crippen molar-refractivity contribution in [1.29, 1.82) is 0 Å². The fourth-order valence-electron chi connectivity index (χ4n) is 2.82. The minimum absolute atomic E-state index is 0.145. The summed E-state index contributed by atoms with van der Waals surface area (Å²) in [5.74, 6) is 0.769. The molecule has 2 aromatic rings. The lowest BCUT2D eigenvalue weighted by atomic mass is 10.1. The van der Waals surface area contributed by atoms with Gasteiger partial charge < -0.3 is 15.0 Å². The summed E-state index contributed by atoms with van der Waals surface area (Å²) in [7, 11) is 0. The second kappa shape index (κ2) is 8.72. The Morgan fingerprint density at radius 2 is 1.85 bits per heavy atom. The number of ether oxygens (including phenoxy) is 1. The average Bonchev–Trinajstić information content (AvgIpc) is 3.05. The second-order valence-corrected chi connectivity index (χ2v) is 6.61. The first kappa shape index (κ1) is 18.3. The lowest BCUT2D eigenvalue weighted by molar-refractivity contribution is -0.128. The highest BCUT2D eigenvalue weighted by molar-refractivity contribution is 6.30. The van der Waals surface area contributed by atoms with E-state index in [1.54, 1.807) is 36.4 Å². The number of carbonyl (C=O) groups is 2. The van der Waals surface area contributed by atoms with E-state index in [1.807, 2.05) is 17.0 Å². The molecule has 0 atom stereocenters. The fraction of sp³-hybridized carbons (Fsp3) is 0.300. The number of hydrogen-bond acceptors (Lipinski definition) is 3. The molecule has 0 unspecified atom stereocenters. The van der Waals surface area contributed by atoms with E-state index in [0.717, 1.165) is 18.5 Å². The third kappa shape index (κ3) is 4.99. The molecule has 1 N–H and O–H groups in total. The molecule has 2 amide bonds. The Bertz CT molecular complexity index is 760. The smallest absolute Gasteiger partial charge is 0.251 e. The molecule has 136 valence electrons. The number of carbonyl (C=O) groups excluding carboxylic acids is 2. The molecular weight excluding hydrogens is 352 g/mol. The van der Waals surface area contributed by atoms with Gasteiger partial charge in [-0.05, 0) is 48.4 Å². The topological polar surface area (TPSA) is 58.6 Å². The third-order valence-electron chi connectivity index (χ3n) is 4.23. The summed E-state index contributed by atoms with van der Waals surface area (Å²) in [6.45, 7) is 2.21. The van der Waals surface area contributed by atoms with Crippen LogP contribution in [-0.4, -0.2) is 36.4 Å². The van der Waals surface area contributed by atoms with Gasteiger partial charge in [-0.2, -0.15) is 0 Å². The van der Waals surface area contributed by atoms with Crippen LogP contribution in [0.15, 0.2) is 48.5 Å². The number of hydrogen-bond donors (Lipinski definition) is 1. The number of nitrogens with one attached hydrogen (secondary N) is 1. The van der Waals surface area contributed by atoms with E-state index >= 15 is 0 Å². The largest absolute Gasteiger partial charge is 0.492 e. The van der Waals surface area contributed by atoms with E-state index in [-0.39, 0.29) is 11.8 Å². The number of rotatable bonds is 7. The van der Waals surface area contributed by atoms with Crippen LogP contribution in [0, 0.1) is 0 Å². The van der Waals surface area contributed by atoms with Crippen molar-refractivity contribution in [2.24, 2.45) is 0 Å². The SMILES string of the molecule is O=C(NCCOc1ccc(Cl)cc1)c1ccc(CN2CCCC2=O)cc1. The summed E-state index contributed by atoms with van der Waals surface area (Å²) in [6, 6.07) is 14.4. The summed E-state index contributed by atoms with van der Waals surface area (Å²) in [6.07, 6.45) is 1.57. The first-order valence-corrected chi connectivity index (χ1v) is 9.03. The highest BCUT2D eigenvalue weighted by Gasteiger charge is 2.19. The van der Waals surface area contributed by atoms with Crippen LogP contribution in [0.1, 0.15) is 28.8 Å². The zero-order chi connectivity index (χ0) is 18.4. The maximum Gasteiger partial charge on any atom is 0.251 e. The highest BCUT2D eigenvalue weighted by Crippen LogP contribution is 2.16. The summed E-state index contributed by atoms with van der Waals surface area (Å²) >= 11 is 5.82. The molecule has 1 fully saturated rings. The molecule has 0 radical (unpaired) electrons. The molecule has 1 aliphatic heterocycles. The van der Waals surface area contributed by atoms with Gasteiger partial charge >= 0.3 is 0 Å². The van der Waals surface area contributed by atoms with Gasteiger partial charge in [0.05, 0.1) is 6.54 Å². The Kier molecular flexibility index (Phi) is 6.12. The van der Waals surface area contributed by atoms with Crippen LogP contribution < -0.4 is 10.1 Å². The number of nitrogens with zero attached hydrogens (tertiary/aromatic N) is 1. The van der Waals surface area contributed by atoms with Crippen molar-refractivity contribution in [3.63, 3.8) is 0 Å². The van der Waals surface area contributed by atoms with Crippen molar-refractivity contribution in [2.75, 3.05) is 19.7 Å². The van der Waals surface area contributed by atoms with Crippen molar-refractivity contribution in [2.45, 2.75) is 19.4 Å². The first-order chi connectivity index (χ1) is 12.6. The normalized spacial score (nSPS) is 13.7. The second-order valence-electron chi connectivity index (χ2n) is 6.17. The third-order valence-corrected chi connectivity index (χ3v) is 4.48. The van der Waals surface area contributed by atoms with Gasteiger partial charge in [0.15, 0.2) is 0 Å². The summed E-state index contributed by atoms with van der Waals surface area (Å²) in [5.41, 5.74) is 1.62. The van der Waals surface area contributed by atoms with Crippen molar-refractivity contribution in [3.05, 3.63) is 64.7 Å². The van der Waals surface area contributed by atoms with Gasteiger partial charge in [-0.25, -0.2) is 0 Å². The van der Waals surface area contributed by atoms with Crippen molar-refractivity contribution in [1.82, 2.24) is 10.2 Å². The number of amides is 2. The van der Waals surface area contributed by atoms with Crippen LogP contribution in [0.5, 0.6) is 5.75 Å². The molecule has 0 aliphatic carbocycles. The minimum Gasteiger partial charge on any atom is -0.492 e. The Morgan fingerprint density at radius 3 is 2.50 bits per heavy atom. The fourth-order valence-corrected chi connectivity index (χ4v) is 2.95. The highest BCUT2D eigenvalue weighted by atomic mass is 35.5. The van der Waals surface area contributed by atoms with Crippen LogP contribution in [0.3, 0.4) is 0 Å². The lowest BCUT2D eigenvalue weighted by Crippen LogP contribution is -2.28. The quantitative estimate of drug-likeness (QED) is 0.759. The van der Waals surface area contributed by atoms with Crippen molar-refractivity contribution >= 4 is 23.4 Å². The molecular formula is C20H21ClN2O3. The first-order valence-electron chi connectivity index (χ1n) is 8.65. The zero-order valence-electron chi connectivity index (χ0n) is 14.4. The van der Waals surface area contributed by atoms with E-state index in [9.17, 15) is 9.59 Å². The van der Waals surface area contributed by atoms with Crippen LogP contribution >= 0.6 is 11.6 Å². The Morgan fingerprint density at radius 1 is 1.12 bits per heavy atom. The summed E-state index contributed by atoms with van der Waals surface area (Å²) in [4.78, 5) is 25.7. The Labute approximate surface area is 157 Å². The zero-order valence-corrected chi connectivity index (χ0v) is 15.2. The molecule has 1 heterocycles. The Hall–Kier alpha value is -2.53. The maximum absolute atomic E-state index is 12.2. The molecule has 0 bridgehead atoms. The van der Waals surface area contributed by atoms with Crippen LogP contribution in [-0.2, 0) is 11.3 Å². The van der Waals surface area contributed by atoms with E-state index in [1.165, 1.54) is 0 Å². The standard InChI is InChI=1S/C20H21ClN2O3/c21-17-7-9-18(10-8-17)26-13-11-22-20(25)16-5-3-15(4-6-16)14-23-12-1-2-19(23)24/h3-10H,1-2,11-14H2,(H,22,25). The van der Waals surface area contributed by atoms with Gasteiger partial charge in [0, 0.05) is 30.1 Å². The number of halogens is 1. The van der Waals surface area contributed by atoms with Gasteiger partial charge in [-0.1, -0.05) is 23.7 Å². The molecule has 5 nitrogen and oxygen atoms in total. The van der Waals surface area contributed by atoms with Crippen LogP contribution in [0.25, 0.3) is 0 Å². The van der Waals surface area contributed by atoms with E-state index < -0.39 is 0 Å². The molecule has 2 aromatic carbocycles. The minimum atomic E-state index is -0.145. The molecule has 1 saturated heterocycles. The van der Waals surface area contributed by atoms with Crippen molar-refractivity contribution in [3.8, 4) is 5.75 Å². The average molecular weight is 373 g/mol. The molecule has 26 heavy (non-hydrogen) atoms. The van der Waals surface area contributed by atoms with E-state index in [2.05, 4.69) is 5.32 Å². The number of benzene rings is 2. The summed E-state index contributed by atoms with van der Waals surface area (Å²) < 4.78 is 5.54. The molecule has 1 aliphatic rings. The molecule has 0 aromatic heterocycles. The Balaban J connectivity index is 1.42. The summed E-state index contributed by atoms with van der Waals surface area (Å²) in [5, 5.41) is 3.48. The van der Waals surface area contributed by atoms with E-state index in [4.69, 9.17) is 16.3 Å². The van der Waals surface area contributed by atoms with Gasteiger partial charge in [-0.15, -0.1) is 0 Å². The molecule has 0 spiro atoms. The van der Waals surface area contributed by atoms with E-state index in [0.29, 0.717) is 42.5 Å². The van der Waals surface area contributed by atoms with Gasteiger partial charge in [0.1, 0.15) is 12.4 Å². The van der Waals surface area contributed by atoms with Crippen LogP contribution in [0.4, 0.5) is 0 Å². The van der Waals surface area contributed by atoms with Gasteiger partial charge in [0.25, 0.3) is 5.91 Å². The van der Waals surface area contributed by atoms with Crippen LogP contribution in [0.2, 0.25) is 5.02 Å². The molecule has 3 rings (SSSR count). The molecule has 0 saturated carbocycles. The maximum atomic E-state index is 12.2.